The van der Waals surface area contributed by atoms with Crippen molar-refractivity contribution in [3.8, 4) is 11.5 Å². The van der Waals surface area contributed by atoms with E-state index in [0.29, 0.717) is 31.3 Å². The second-order valence-electron chi connectivity index (χ2n) is 7.28. The Morgan fingerprint density at radius 3 is 2.52 bits per heavy atom. The monoisotopic (exact) mass is 421 g/mol. The van der Waals surface area contributed by atoms with E-state index in [1.165, 1.54) is 4.90 Å². The maximum atomic E-state index is 10.4. The smallest absolute Gasteiger partial charge is 0.161 e. The zero-order chi connectivity index (χ0) is 20.6. The van der Waals surface area contributed by atoms with Crippen molar-refractivity contribution in [3.63, 3.8) is 0 Å². The molecule has 158 valence electrons. The summed E-state index contributed by atoms with van der Waals surface area (Å²) < 4.78 is 16.3. The molecule has 0 amide bonds. The largest absolute Gasteiger partial charge is 0.493 e. The molecule has 2 aromatic carbocycles. The first-order valence-corrected chi connectivity index (χ1v) is 10.3. The van der Waals surface area contributed by atoms with Crippen LogP contribution in [0, 0.1) is 0 Å². The number of nitrogens with one attached hydrogen (secondary N) is 1. The lowest BCUT2D eigenvalue weighted by molar-refractivity contribution is -0.903. The first-order chi connectivity index (χ1) is 14.1. The second kappa shape index (κ2) is 10.7. The normalized spacial score (nSPS) is 15.9. The molecule has 1 aliphatic rings. The van der Waals surface area contributed by atoms with Crippen LogP contribution in [-0.4, -0.2) is 64.8 Å². The van der Waals surface area contributed by atoms with Gasteiger partial charge in [0.2, 0.25) is 0 Å². The molecular formula is C22H30ClN2O4+. The number of ether oxygens (including phenoxy) is 3. The summed E-state index contributed by atoms with van der Waals surface area (Å²) in [5, 5.41) is 11.1. The number of halogens is 1. The van der Waals surface area contributed by atoms with Gasteiger partial charge in [-0.15, -0.1) is 0 Å². The highest BCUT2D eigenvalue weighted by molar-refractivity contribution is 6.30. The summed E-state index contributed by atoms with van der Waals surface area (Å²) in [5.74, 6) is 1.37. The molecule has 3 rings (SSSR count). The molecule has 29 heavy (non-hydrogen) atoms. The number of benzene rings is 2. The number of quaternary nitrogens is 1. The van der Waals surface area contributed by atoms with Crippen molar-refractivity contribution in [1.29, 1.82) is 0 Å². The predicted molar refractivity (Wildman–Crippen MR) is 114 cm³/mol. The van der Waals surface area contributed by atoms with E-state index in [-0.39, 0.29) is 0 Å². The number of methoxy groups -OCH3 is 2. The minimum Gasteiger partial charge on any atom is -0.493 e. The van der Waals surface area contributed by atoms with Gasteiger partial charge in [0.25, 0.3) is 0 Å². The fourth-order valence-corrected chi connectivity index (χ4v) is 3.82. The van der Waals surface area contributed by atoms with Crippen molar-refractivity contribution in [2.24, 2.45) is 0 Å². The predicted octanol–water partition coefficient (Wildman–Crippen LogP) is 1.64. The zero-order valence-electron chi connectivity index (χ0n) is 17.1. The standard InChI is InChI=1S/C22H29ClN2O4/c1-27-21-7-6-17(12-22(21)28-2)15-29-16-20(26)14-24-8-10-25(11-9-24)19-5-3-4-18(23)13-19/h3-7,12-13,20,26H,8-11,14-16H2,1-2H3/p+1/t20-/m1/s1. The Kier molecular flexibility index (Phi) is 8.00. The van der Waals surface area contributed by atoms with E-state index in [4.69, 9.17) is 25.8 Å². The quantitative estimate of drug-likeness (QED) is 0.644. The van der Waals surface area contributed by atoms with Crippen LogP contribution in [0.4, 0.5) is 5.69 Å². The lowest BCUT2D eigenvalue weighted by atomic mass is 10.2. The summed E-state index contributed by atoms with van der Waals surface area (Å²) >= 11 is 6.09. The fourth-order valence-electron chi connectivity index (χ4n) is 3.63. The number of aliphatic hydroxyl groups excluding tert-OH is 1. The zero-order valence-corrected chi connectivity index (χ0v) is 17.8. The van der Waals surface area contributed by atoms with E-state index >= 15 is 0 Å². The van der Waals surface area contributed by atoms with Crippen molar-refractivity contribution < 1.29 is 24.2 Å². The summed E-state index contributed by atoms with van der Waals surface area (Å²) in [6, 6.07) is 13.7. The third-order valence-corrected chi connectivity index (χ3v) is 5.43. The number of rotatable bonds is 9. The Bertz CT molecular complexity index is 781. The topological polar surface area (TPSA) is 55.6 Å². The molecule has 0 spiro atoms. The first-order valence-electron chi connectivity index (χ1n) is 9.90. The van der Waals surface area contributed by atoms with Gasteiger partial charge in [-0.3, -0.25) is 0 Å². The molecular weight excluding hydrogens is 392 g/mol. The van der Waals surface area contributed by atoms with Crippen molar-refractivity contribution in [1.82, 2.24) is 0 Å². The van der Waals surface area contributed by atoms with Crippen LogP contribution in [-0.2, 0) is 11.3 Å². The maximum absolute atomic E-state index is 10.4. The van der Waals surface area contributed by atoms with Gasteiger partial charge in [0.1, 0.15) is 12.6 Å². The molecule has 1 aliphatic heterocycles. The van der Waals surface area contributed by atoms with E-state index in [1.54, 1.807) is 14.2 Å². The summed E-state index contributed by atoms with van der Waals surface area (Å²) in [4.78, 5) is 3.74. The fraction of sp³-hybridized carbons (Fsp3) is 0.455. The Morgan fingerprint density at radius 1 is 1.07 bits per heavy atom. The highest BCUT2D eigenvalue weighted by Crippen LogP contribution is 2.27. The van der Waals surface area contributed by atoms with Crippen molar-refractivity contribution in [2.75, 3.05) is 58.5 Å². The molecule has 1 heterocycles. The van der Waals surface area contributed by atoms with Gasteiger partial charge in [0.15, 0.2) is 11.5 Å². The number of nitrogens with zero attached hydrogens (tertiary/aromatic N) is 1. The van der Waals surface area contributed by atoms with Crippen LogP contribution in [0.3, 0.4) is 0 Å². The van der Waals surface area contributed by atoms with E-state index < -0.39 is 6.10 Å². The van der Waals surface area contributed by atoms with Gasteiger partial charge in [-0.25, -0.2) is 0 Å². The Hall–Kier alpha value is -1.99. The SMILES string of the molecule is COc1ccc(COC[C@H](O)C[NH+]2CCN(c3cccc(Cl)c3)CC2)cc1OC. The van der Waals surface area contributed by atoms with Crippen molar-refractivity contribution in [2.45, 2.75) is 12.7 Å². The molecule has 2 aromatic rings. The van der Waals surface area contributed by atoms with E-state index in [1.807, 2.05) is 36.4 Å². The van der Waals surface area contributed by atoms with Crippen LogP contribution in [0.25, 0.3) is 0 Å². The van der Waals surface area contributed by atoms with Crippen LogP contribution in [0.5, 0.6) is 11.5 Å². The molecule has 0 aromatic heterocycles. The van der Waals surface area contributed by atoms with Gasteiger partial charge in [-0.1, -0.05) is 23.7 Å². The molecule has 0 bridgehead atoms. The minimum atomic E-state index is -0.483. The lowest BCUT2D eigenvalue weighted by Crippen LogP contribution is -3.16. The van der Waals surface area contributed by atoms with Crippen molar-refractivity contribution >= 4 is 17.3 Å². The van der Waals surface area contributed by atoms with Crippen LogP contribution < -0.4 is 19.3 Å². The molecule has 0 unspecified atom stereocenters. The van der Waals surface area contributed by atoms with E-state index in [2.05, 4.69) is 11.0 Å². The van der Waals surface area contributed by atoms with Gasteiger partial charge in [-0.2, -0.15) is 0 Å². The average Bonchev–Trinajstić information content (AvgIpc) is 2.74. The molecule has 2 N–H and O–H groups in total. The van der Waals surface area contributed by atoms with Gasteiger partial charge < -0.3 is 29.1 Å². The maximum Gasteiger partial charge on any atom is 0.161 e. The first kappa shape index (κ1) is 21.7. The van der Waals surface area contributed by atoms with E-state index in [9.17, 15) is 5.11 Å². The van der Waals surface area contributed by atoms with E-state index in [0.717, 1.165) is 42.5 Å². The third-order valence-electron chi connectivity index (χ3n) is 5.20. The summed E-state index contributed by atoms with van der Waals surface area (Å²) in [7, 11) is 3.22. The number of piperazine rings is 1. The highest BCUT2D eigenvalue weighted by Gasteiger charge is 2.22. The van der Waals surface area contributed by atoms with Crippen LogP contribution in [0.2, 0.25) is 5.02 Å². The average molecular weight is 422 g/mol. The number of hydrogen-bond donors (Lipinski definition) is 2. The number of hydrogen-bond acceptors (Lipinski definition) is 5. The molecule has 1 saturated heterocycles. The summed E-state index contributed by atoms with van der Waals surface area (Å²) in [6.07, 6.45) is -0.483. The Balaban J connectivity index is 1.39. The highest BCUT2D eigenvalue weighted by atomic mass is 35.5. The van der Waals surface area contributed by atoms with Crippen LogP contribution in [0.1, 0.15) is 5.56 Å². The number of anilines is 1. The van der Waals surface area contributed by atoms with Crippen LogP contribution in [0.15, 0.2) is 42.5 Å². The van der Waals surface area contributed by atoms with Gasteiger partial charge in [0, 0.05) is 10.7 Å². The molecule has 0 radical (unpaired) electrons. The third kappa shape index (κ3) is 6.24. The van der Waals surface area contributed by atoms with Gasteiger partial charge >= 0.3 is 0 Å². The Labute approximate surface area is 177 Å². The van der Waals surface area contributed by atoms with Gasteiger partial charge in [0.05, 0.1) is 53.6 Å². The van der Waals surface area contributed by atoms with Gasteiger partial charge in [-0.05, 0) is 35.9 Å². The molecule has 0 saturated carbocycles. The molecule has 6 nitrogen and oxygen atoms in total. The lowest BCUT2D eigenvalue weighted by Gasteiger charge is -2.34. The number of aliphatic hydroxyl groups is 1. The minimum absolute atomic E-state index is 0.315. The molecule has 7 heteroatoms. The van der Waals surface area contributed by atoms with Crippen LogP contribution >= 0.6 is 11.6 Å². The summed E-state index contributed by atoms with van der Waals surface area (Å²) in [5.41, 5.74) is 2.15. The Morgan fingerprint density at radius 2 is 1.83 bits per heavy atom. The second-order valence-corrected chi connectivity index (χ2v) is 7.72. The molecule has 1 fully saturated rings. The molecule has 1 atom stereocenters. The van der Waals surface area contributed by atoms with Crippen molar-refractivity contribution in [3.05, 3.63) is 53.1 Å². The molecule has 0 aliphatic carbocycles. The summed E-state index contributed by atoms with van der Waals surface area (Å²) in [6.45, 7) is 5.31.